The minimum Gasteiger partial charge on any atom is -0.496 e. The Morgan fingerprint density at radius 2 is 2.04 bits per heavy atom. The topological polar surface area (TPSA) is 109 Å². The predicted molar refractivity (Wildman–Crippen MR) is 84.7 cm³/mol. The number of anilines is 1. The number of aromatic nitrogens is 5. The summed E-state index contributed by atoms with van der Waals surface area (Å²) in [6.45, 7) is 3.61. The van der Waals surface area contributed by atoms with Crippen molar-refractivity contribution in [3.05, 3.63) is 34.4 Å². The maximum atomic E-state index is 12.8. The molecule has 8 nitrogen and oxygen atoms in total. The van der Waals surface area contributed by atoms with E-state index >= 15 is 0 Å². The summed E-state index contributed by atoms with van der Waals surface area (Å²) in [6, 6.07) is 0. The van der Waals surface area contributed by atoms with Crippen LogP contribution in [0.4, 0.5) is 5.95 Å². The van der Waals surface area contributed by atoms with E-state index in [2.05, 4.69) is 20.1 Å². The van der Waals surface area contributed by atoms with Crippen LogP contribution in [0, 0.1) is 13.8 Å². The van der Waals surface area contributed by atoms with Crippen LogP contribution in [-0.4, -0.2) is 37.7 Å². The molecule has 0 radical (unpaired) electrons. The molecular weight excluding hydrogens is 320 g/mol. The monoisotopic (exact) mass is 332 g/mol. The Labute approximate surface area is 136 Å². The highest BCUT2D eigenvalue weighted by molar-refractivity contribution is 6.34. The molecule has 0 aliphatic rings. The van der Waals surface area contributed by atoms with E-state index in [-0.39, 0.29) is 22.4 Å². The van der Waals surface area contributed by atoms with Crippen LogP contribution in [0.3, 0.4) is 0 Å². The highest BCUT2D eigenvalue weighted by Gasteiger charge is 2.22. The second-order valence-electron chi connectivity index (χ2n) is 4.92. The molecule has 0 spiro atoms. The first-order valence-corrected chi connectivity index (χ1v) is 7.03. The second-order valence-corrected chi connectivity index (χ2v) is 5.28. The van der Waals surface area contributed by atoms with E-state index in [0.717, 1.165) is 10.2 Å². The van der Waals surface area contributed by atoms with Crippen LogP contribution in [0.15, 0.2) is 12.4 Å². The van der Waals surface area contributed by atoms with E-state index in [9.17, 15) is 4.79 Å². The van der Waals surface area contributed by atoms with Crippen molar-refractivity contribution in [2.24, 2.45) is 0 Å². The summed E-state index contributed by atoms with van der Waals surface area (Å²) in [7, 11) is 1.54. The molecule has 3 aromatic heterocycles. The number of carbonyl (C=O) groups is 1. The van der Waals surface area contributed by atoms with Crippen LogP contribution in [0.25, 0.3) is 11.0 Å². The molecule has 3 aromatic rings. The van der Waals surface area contributed by atoms with Gasteiger partial charge in [-0.05, 0) is 13.8 Å². The van der Waals surface area contributed by atoms with Gasteiger partial charge in [-0.2, -0.15) is 14.8 Å². The second kappa shape index (κ2) is 5.47. The minimum absolute atomic E-state index is 0.0387. The lowest BCUT2D eigenvalue weighted by atomic mass is 10.1. The zero-order chi connectivity index (χ0) is 16.7. The Hall–Kier alpha value is -2.74. The van der Waals surface area contributed by atoms with Gasteiger partial charge in [-0.1, -0.05) is 11.6 Å². The number of fused-ring (bicyclic) bond motifs is 1. The zero-order valence-electron chi connectivity index (χ0n) is 12.7. The summed E-state index contributed by atoms with van der Waals surface area (Å²) >= 11 is 5.99. The number of nitrogen functional groups attached to an aromatic ring is 1. The molecule has 3 rings (SSSR count). The SMILES string of the molecule is COc1c(C)cnc(C(=O)n2ncc3c(Cl)nc(N)nc32)c1C. The van der Waals surface area contributed by atoms with Crippen LogP contribution >= 0.6 is 11.6 Å². The molecule has 2 N–H and O–H groups in total. The van der Waals surface area contributed by atoms with Crippen LogP contribution in [0.5, 0.6) is 5.75 Å². The number of hydrogen-bond acceptors (Lipinski definition) is 7. The molecule has 3 heterocycles. The standard InChI is InChI=1S/C14H13ClN6O2/c1-6-4-17-9(7(2)10(6)23-3)13(22)21-12-8(5-18-21)11(15)19-14(16)20-12/h4-5H,1-3H3,(H2,16,19,20). The average Bonchev–Trinajstić information content (AvgIpc) is 2.91. The van der Waals surface area contributed by atoms with E-state index in [0.29, 0.717) is 16.7 Å². The Morgan fingerprint density at radius 1 is 1.30 bits per heavy atom. The molecule has 0 amide bonds. The van der Waals surface area contributed by atoms with Crippen molar-refractivity contribution < 1.29 is 9.53 Å². The number of pyridine rings is 1. The van der Waals surface area contributed by atoms with Gasteiger partial charge in [0.1, 0.15) is 16.6 Å². The third kappa shape index (κ3) is 2.36. The molecule has 0 atom stereocenters. The minimum atomic E-state index is -0.454. The van der Waals surface area contributed by atoms with E-state index in [1.54, 1.807) is 20.2 Å². The summed E-state index contributed by atoms with van der Waals surface area (Å²) in [5.74, 6) is 0.111. The summed E-state index contributed by atoms with van der Waals surface area (Å²) < 4.78 is 6.42. The summed E-state index contributed by atoms with van der Waals surface area (Å²) in [5.41, 5.74) is 7.49. The van der Waals surface area contributed by atoms with Crippen LogP contribution in [0.2, 0.25) is 5.15 Å². The number of hydrogen-bond donors (Lipinski definition) is 1. The van der Waals surface area contributed by atoms with Crippen LogP contribution in [-0.2, 0) is 0 Å². The number of methoxy groups -OCH3 is 1. The van der Waals surface area contributed by atoms with Gasteiger partial charge in [0, 0.05) is 17.3 Å². The smallest absolute Gasteiger partial charge is 0.299 e. The Bertz CT molecular complexity index is 937. The molecular formula is C14H13ClN6O2. The van der Waals surface area contributed by atoms with Gasteiger partial charge in [0.05, 0.1) is 18.7 Å². The molecule has 0 aromatic carbocycles. The molecule has 0 aliphatic carbocycles. The van der Waals surface area contributed by atoms with Crippen molar-refractivity contribution >= 4 is 34.5 Å². The van der Waals surface area contributed by atoms with Crippen molar-refractivity contribution in [3.8, 4) is 5.75 Å². The van der Waals surface area contributed by atoms with Crippen LogP contribution < -0.4 is 10.5 Å². The molecule has 0 unspecified atom stereocenters. The number of rotatable bonds is 2. The maximum absolute atomic E-state index is 12.8. The number of ether oxygens (including phenoxy) is 1. The Kier molecular flexibility index (Phi) is 3.61. The number of halogens is 1. The van der Waals surface area contributed by atoms with Gasteiger partial charge in [0.15, 0.2) is 5.65 Å². The maximum Gasteiger partial charge on any atom is 0.299 e. The lowest BCUT2D eigenvalue weighted by Crippen LogP contribution is -2.18. The highest BCUT2D eigenvalue weighted by Crippen LogP contribution is 2.26. The molecule has 0 saturated carbocycles. The number of carbonyl (C=O) groups excluding carboxylic acids is 1. The van der Waals surface area contributed by atoms with Gasteiger partial charge >= 0.3 is 0 Å². The molecule has 0 saturated heterocycles. The third-order valence-electron chi connectivity index (χ3n) is 3.44. The van der Waals surface area contributed by atoms with Crippen LogP contribution in [0.1, 0.15) is 21.6 Å². The number of nitrogens with zero attached hydrogens (tertiary/aromatic N) is 5. The van der Waals surface area contributed by atoms with Gasteiger partial charge < -0.3 is 10.5 Å². The summed E-state index contributed by atoms with van der Waals surface area (Å²) in [4.78, 5) is 24.8. The quantitative estimate of drug-likeness (QED) is 0.712. The predicted octanol–water partition coefficient (Wildman–Crippen LogP) is 1.77. The zero-order valence-corrected chi connectivity index (χ0v) is 13.4. The van der Waals surface area contributed by atoms with Gasteiger partial charge in [-0.25, -0.2) is 4.98 Å². The molecule has 9 heteroatoms. The van der Waals surface area contributed by atoms with Gasteiger partial charge in [-0.15, -0.1) is 0 Å². The Morgan fingerprint density at radius 3 is 2.74 bits per heavy atom. The first-order chi connectivity index (χ1) is 10.9. The molecule has 0 bridgehead atoms. The fourth-order valence-electron chi connectivity index (χ4n) is 2.39. The van der Waals surface area contributed by atoms with Gasteiger partial charge in [0.2, 0.25) is 5.95 Å². The van der Waals surface area contributed by atoms with E-state index in [1.807, 2.05) is 6.92 Å². The molecule has 118 valence electrons. The van der Waals surface area contributed by atoms with Gasteiger partial charge in [0.25, 0.3) is 5.91 Å². The first kappa shape index (κ1) is 15.2. The van der Waals surface area contributed by atoms with Crippen molar-refractivity contribution in [1.82, 2.24) is 24.7 Å². The highest BCUT2D eigenvalue weighted by atomic mass is 35.5. The number of aryl methyl sites for hydroxylation is 1. The van der Waals surface area contributed by atoms with Crippen molar-refractivity contribution in [2.45, 2.75) is 13.8 Å². The van der Waals surface area contributed by atoms with Gasteiger partial charge in [-0.3, -0.25) is 9.78 Å². The normalized spacial score (nSPS) is 11.0. The largest absolute Gasteiger partial charge is 0.496 e. The van der Waals surface area contributed by atoms with E-state index < -0.39 is 5.91 Å². The first-order valence-electron chi connectivity index (χ1n) is 6.65. The summed E-state index contributed by atoms with van der Waals surface area (Å²) in [6.07, 6.45) is 2.98. The Balaban J connectivity index is 2.19. The van der Waals surface area contributed by atoms with Crippen molar-refractivity contribution in [1.29, 1.82) is 0 Å². The lowest BCUT2D eigenvalue weighted by molar-refractivity contribution is 0.0943. The van der Waals surface area contributed by atoms with Crippen molar-refractivity contribution in [2.75, 3.05) is 12.8 Å². The van der Waals surface area contributed by atoms with E-state index in [1.165, 1.54) is 6.20 Å². The molecule has 0 fully saturated rings. The summed E-state index contributed by atoms with van der Waals surface area (Å²) in [5, 5.41) is 4.61. The lowest BCUT2D eigenvalue weighted by Gasteiger charge is -2.11. The fraction of sp³-hybridized carbons (Fsp3) is 0.214. The van der Waals surface area contributed by atoms with E-state index in [4.69, 9.17) is 22.1 Å². The molecule has 0 aliphatic heterocycles. The average molecular weight is 333 g/mol. The number of nitrogens with two attached hydrogens (primary N) is 1. The van der Waals surface area contributed by atoms with Crippen molar-refractivity contribution in [3.63, 3.8) is 0 Å². The fourth-order valence-corrected chi connectivity index (χ4v) is 2.61. The third-order valence-corrected chi connectivity index (χ3v) is 3.73. The molecule has 23 heavy (non-hydrogen) atoms.